The van der Waals surface area contributed by atoms with Gasteiger partial charge in [-0.3, -0.25) is 4.79 Å². The maximum Gasteiger partial charge on any atom is 0.243 e. The third-order valence-corrected chi connectivity index (χ3v) is 6.96. The van der Waals surface area contributed by atoms with Gasteiger partial charge in [0, 0.05) is 12.2 Å². The minimum atomic E-state index is -3.71. The van der Waals surface area contributed by atoms with Gasteiger partial charge >= 0.3 is 0 Å². The molecular weight excluding hydrogens is 360 g/mol. The van der Waals surface area contributed by atoms with Crippen LogP contribution in [0.25, 0.3) is 0 Å². The third kappa shape index (κ3) is 4.22. The number of para-hydroxylation sites is 1. The normalized spacial score (nSPS) is 18.2. The molecule has 1 amide bonds. The molecule has 0 bridgehead atoms. The van der Waals surface area contributed by atoms with Crippen molar-refractivity contribution in [2.75, 3.05) is 11.9 Å². The van der Waals surface area contributed by atoms with Crippen LogP contribution in [-0.2, 0) is 21.2 Å². The van der Waals surface area contributed by atoms with Crippen molar-refractivity contribution in [1.82, 2.24) is 4.31 Å². The second kappa shape index (κ2) is 8.23. The lowest BCUT2D eigenvalue weighted by molar-refractivity contribution is -0.120. The Morgan fingerprint density at radius 1 is 1.11 bits per heavy atom. The number of hydrogen-bond donors (Lipinski definition) is 1. The van der Waals surface area contributed by atoms with Crippen molar-refractivity contribution < 1.29 is 13.2 Å². The van der Waals surface area contributed by atoms with Crippen molar-refractivity contribution in [2.45, 2.75) is 50.5 Å². The van der Waals surface area contributed by atoms with Crippen molar-refractivity contribution in [2.24, 2.45) is 0 Å². The lowest BCUT2D eigenvalue weighted by atomic mass is 10.0. The number of rotatable bonds is 5. The first-order chi connectivity index (χ1) is 12.9. The van der Waals surface area contributed by atoms with Gasteiger partial charge in [-0.15, -0.1) is 0 Å². The number of nitrogens with zero attached hydrogens (tertiary/aromatic N) is 1. The van der Waals surface area contributed by atoms with E-state index in [1.54, 1.807) is 24.3 Å². The number of carbonyl (C=O) groups is 1. The van der Waals surface area contributed by atoms with Crippen molar-refractivity contribution in [1.29, 1.82) is 0 Å². The smallest absolute Gasteiger partial charge is 0.243 e. The van der Waals surface area contributed by atoms with Gasteiger partial charge in [0.25, 0.3) is 0 Å². The molecule has 0 aliphatic carbocycles. The first-order valence-electron chi connectivity index (χ1n) is 9.40. The average Bonchev–Trinajstić information content (AvgIpc) is 2.68. The number of carbonyl (C=O) groups excluding carboxylic acids is 1. The van der Waals surface area contributed by atoms with Crippen LogP contribution >= 0.6 is 0 Å². The summed E-state index contributed by atoms with van der Waals surface area (Å²) in [5.74, 6) is -0.258. The first kappa shape index (κ1) is 19.6. The fourth-order valence-corrected chi connectivity index (χ4v) is 5.12. The molecule has 0 saturated carbocycles. The first-order valence-corrected chi connectivity index (χ1v) is 10.8. The second-order valence-electron chi connectivity index (χ2n) is 6.94. The molecule has 0 unspecified atom stereocenters. The van der Waals surface area contributed by atoms with Crippen LogP contribution in [0.1, 0.15) is 37.3 Å². The van der Waals surface area contributed by atoms with Gasteiger partial charge in [0.2, 0.25) is 15.9 Å². The molecule has 5 nitrogen and oxygen atoms in total. The van der Waals surface area contributed by atoms with E-state index in [-0.39, 0.29) is 10.8 Å². The van der Waals surface area contributed by atoms with Crippen LogP contribution < -0.4 is 5.32 Å². The summed E-state index contributed by atoms with van der Waals surface area (Å²) in [6.07, 6.45) is 2.94. The molecule has 2 aromatic rings. The Balaban J connectivity index is 1.86. The Bertz CT molecular complexity index is 907. The Labute approximate surface area is 161 Å². The number of sulfonamides is 1. The average molecular weight is 387 g/mol. The van der Waals surface area contributed by atoms with Gasteiger partial charge in [-0.05, 0) is 49.9 Å². The van der Waals surface area contributed by atoms with Crippen LogP contribution in [-0.4, -0.2) is 31.2 Å². The van der Waals surface area contributed by atoms with E-state index in [4.69, 9.17) is 0 Å². The zero-order valence-electron chi connectivity index (χ0n) is 15.8. The van der Waals surface area contributed by atoms with Gasteiger partial charge in [-0.1, -0.05) is 49.2 Å². The Kier molecular flexibility index (Phi) is 5.97. The highest BCUT2D eigenvalue weighted by Crippen LogP contribution is 2.27. The molecule has 27 heavy (non-hydrogen) atoms. The lowest BCUT2D eigenvalue weighted by Crippen LogP contribution is -2.49. The number of nitrogens with one attached hydrogen (secondary N) is 1. The molecule has 0 spiro atoms. The highest BCUT2D eigenvalue weighted by molar-refractivity contribution is 7.89. The van der Waals surface area contributed by atoms with Crippen LogP contribution in [0.3, 0.4) is 0 Å². The van der Waals surface area contributed by atoms with Crippen molar-refractivity contribution in [3.8, 4) is 0 Å². The molecule has 1 aliphatic rings. The van der Waals surface area contributed by atoms with Crippen molar-refractivity contribution >= 4 is 21.6 Å². The molecule has 3 rings (SSSR count). The van der Waals surface area contributed by atoms with Crippen LogP contribution in [0.15, 0.2) is 53.4 Å². The Morgan fingerprint density at radius 3 is 2.52 bits per heavy atom. The Morgan fingerprint density at radius 2 is 1.81 bits per heavy atom. The predicted octanol–water partition coefficient (Wildman–Crippen LogP) is 3.74. The summed E-state index contributed by atoms with van der Waals surface area (Å²) in [6.45, 7) is 4.31. The van der Waals surface area contributed by atoms with E-state index in [1.165, 1.54) is 4.31 Å². The quantitative estimate of drug-likeness (QED) is 0.851. The molecule has 1 atom stereocenters. The maximum absolute atomic E-state index is 13.1. The number of amides is 1. The van der Waals surface area contributed by atoms with Crippen LogP contribution in [0.5, 0.6) is 0 Å². The van der Waals surface area contributed by atoms with Gasteiger partial charge in [0.05, 0.1) is 4.90 Å². The molecule has 1 N–H and O–H groups in total. The second-order valence-corrected chi connectivity index (χ2v) is 8.83. The minimum absolute atomic E-state index is 0.238. The standard InChI is InChI=1S/C21H26N2O3S/c1-3-17-8-4-5-9-19(17)22-21(24)20-10-6-7-15-23(20)27(25,26)18-13-11-16(2)12-14-18/h4-5,8-9,11-14,20H,3,6-7,10,15H2,1-2H3,(H,22,24)/t20-/m0/s1. The highest BCUT2D eigenvalue weighted by Gasteiger charge is 2.37. The summed E-state index contributed by atoms with van der Waals surface area (Å²) in [6, 6.07) is 13.7. The number of benzene rings is 2. The third-order valence-electron chi connectivity index (χ3n) is 5.04. The number of aryl methyl sites for hydroxylation is 2. The zero-order chi connectivity index (χ0) is 19.4. The summed E-state index contributed by atoms with van der Waals surface area (Å²) < 4.78 is 27.6. The maximum atomic E-state index is 13.1. The highest BCUT2D eigenvalue weighted by atomic mass is 32.2. The predicted molar refractivity (Wildman–Crippen MR) is 107 cm³/mol. The van der Waals surface area contributed by atoms with Crippen molar-refractivity contribution in [3.63, 3.8) is 0 Å². The van der Waals surface area contributed by atoms with Gasteiger partial charge in [0.1, 0.15) is 6.04 Å². The summed E-state index contributed by atoms with van der Waals surface area (Å²) >= 11 is 0. The van der Waals surface area contributed by atoms with Crippen LogP contribution in [0.4, 0.5) is 5.69 Å². The molecule has 2 aromatic carbocycles. The molecule has 0 radical (unpaired) electrons. The van der Waals surface area contributed by atoms with E-state index in [2.05, 4.69) is 5.32 Å². The fraction of sp³-hybridized carbons (Fsp3) is 0.381. The zero-order valence-corrected chi connectivity index (χ0v) is 16.6. The molecule has 6 heteroatoms. The Hall–Kier alpha value is -2.18. The van der Waals surface area contributed by atoms with Gasteiger partial charge < -0.3 is 5.32 Å². The largest absolute Gasteiger partial charge is 0.324 e. The number of anilines is 1. The fourth-order valence-electron chi connectivity index (χ4n) is 3.47. The van der Waals surface area contributed by atoms with Crippen LogP contribution in [0, 0.1) is 6.92 Å². The molecule has 1 saturated heterocycles. The summed E-state index contributed by atoms with van der Waals surface area (Å²) in [5.41, 5.74) is 2.79. The van der Waals surface area contributed by atoms with E-state index in [1.807, 2.05) is 38.1 Å². The summed E-state index contributed by atoms with van der Waals surface area (Å²) in [5, 5.41) is 2.95. The number of piperidine rings is 1. The molecule has 1 fully saturated rings. The van der Waals surface area contributed by atoms with Crippen molar-refractivity contribution in [3.05, 3.63) is 59.7 Å². The molecule has 1 heterocycles. The van der Waals surface area contributed by atoms with E-state index in [0.29, 0.717) is 13.0 Å². The van der Waals surface area contributed by atoms with E-state index in [9.17, 15) is 13.2 Å². The van der Waals surface area contributed by atoms with E-state index in [0.717, 1.165) is 36.1 Å². The summed E-state index contributed by atoms with van der Waals surface area (Å²) in [7, 11) is -3.71. The molecule has 0 aromatic heterocycles. The van der Waals surface area contributed by atoms with E-state index < -0.39 is 16.1 Å². The van der Waals surface area contributed by atoms with Gasteiger partial charge in [0.15, 0.2) is 0 Å². The lowest BCUT2D eigenvalue weighted by Gasteiger charge is -2.33. The van der Waals surface area contributed by atoms with Crippen LogP contribution in [0.2, 0.25) is 0 Å². The van der Waals surface area contributed by atoms with Gasteiger partial charge in [-0.25, -0.2) is 8.42 Å². The molecule has 1 aliphatic heterocycles. The molecule has 144 valence electrons. The topological polar surface area (TPSA) is 66.5 Å². The molecular formula is C21H26N2O3S. The van der Waals surface area contributed by atoms with E-state index >= 15 is 0 Å². The number of hydrogen-bond acceptors (Lipinski definition) is 3. The minimum Gasteiger partial charge on any atom is -0.324 e. The van der Waals surface area contributed by atoms with Gasteiger partial charge in [-0.2, -0.15) is 4.31 Å². The monoisotopic (exact) mass is 386 g/mol. The SMILES string of the molecule is CCc1ccccc1NC(=O)[C@@H]1CCCCN1S(=O)(=O)c1ccc(C)cc1. The summed E-state index contributed by atoms with van der Waals surface area (Å²) in [4.78, 5) is 13.2.